The van der Waals surface area contributed by atoms with Crippen LogP contribution in [-0.2, 0) is 14.8 Å². The van der Waals surface area contributed by atoms with Crippen molar-refractivity contribution in [3.05, 3.63) is 59.2 Å². The molecule has 0 atom stereocenters. The number of fused-ring (bicyclic) bond motifs is 2. The molecular weight excluding hydrogens is 528 g/mol. The van der Waals surface area contributed by atoms with E-state index in [9.17, 15) is 13.2 Å². The largest absolute Gasteiger partial charge is 0.493 e. The fourth-order valence-electron chi connectivity index (χ4n) is 6.12. The van der Waals surface area contributed by atoms with Crippen molar-refractivity contribution in [2.75, 3.05) is 12.9 Å². The molecule has 4 aromatic rings. The van der Waals surface area contributed by atoms with E-state index in [-0.39, 0.29) is 22.7 Å². The number of ether oxygens (including phenoxy) is 2. The van der Waals surface area contributed by atoms with Gasteiger partial charge in [-0.05, 0) is 84.1 Å². The number of sulfonamides is 1. The Morgan fingerprint density at radius 3 is 2.40 bits per heavy atom. The van der Waals surface area contributed by atoms with Gasteiger partial charge in [0, 0.05) is 10.9 Å². The SMILES string of the molecule is Cc1c(-c2cc(C(=O)NS(C)(=O)=O)c3c(OCC4CC(C)(C)OC(C)(C)C4)ccc(C)c3n2)oc2ccccc12. The predicted octanol–water partition coefficient (Wildman–Crippen LogP) is 6.32. The minimum Gasteiger partial charge on any atom is -0.493 e. The second-order valence-electron chi connectivity index (χ2n) is 12.1. The molecule has 0 radical (unpaired) electrons. The van der Waals surface area contributed by atoms with Gasteiger partial charge in [-0.2, -0.15) is 0 Å². The Labute approximate surface area is 235 Å². The van der Waals surface area contributed by atoms with Crippen LogP contribution in [0.15, 0.2) is 46.9 Å². The second kappa shape index (κ2) is 9.89. The summed E-state index contributed by atoms with van der Waals surface area (Å²) in [6.45, 7) is 12.6. The Kier molecular flexibility index (Phi) is 6.95. The number of hydrogen-bond acceptors (Lipinski definition) is 7. The quantitative estimate of drug-likeness (QED) is 0.292. The van der Waals surface area contributed by atoms with Gasteiger partial charge in [0.25, 0.3) is 5.91 Å². The maximum Gasteiger partial charge on any atom is 0.265 e. The summed E-state index contributed by atoms with van der Waals surface area (Å²) in [6.07, 6.45) is 2.61. The number of para-hydroxylation sites is 1. The molecule has 2 aromatic heterocycles. The van der Waals surface area contributed by atoms with Crippen LogP contribution in [0.5, 0.6) is 5.75 Å². The van der Waals surface area contributed by atoms with Crippen molar-refractivity contribution in [3.8, 4) is 17.2 Å². The molecule has 8 nitrogen and oxygen atoms in total. The lowest BCUT2D eigenvalue weighted by Gasteiger charge is -2.45. The Morgan fingerprint density at radius 1 is 1.07 bits per heavy atom. The van der Waals surface area contributed by atoms with E-state index in [2.05, 4.69) is 32.4 Å². The number of aromatic nitrogens is 1. The molecule has 1 aliphatic rings. The number of carbonyl (C=O) groups is 1. The van der Waals surface area contributed by atoms with Gasteiger partial charge in [0.2, 0.25) is 10.0 Å². The van der Waals surface area contributed by atoms with E-state index >= 15 is 0 Å². The van der Waals surface area contributed by atoms with Crippen LogP contribution < -0.4 is 9.46 Å². The molecule has 1 fully saturated rings. The Bertz CT molecular complexity index is 1720. The molecule has 3 heterocycles. The number of amides is 1. The van der Waals surface area contributed by atoms with E-state index in [1.165, 1.54) is 0 Å². The van der Waals surface area contributed by atoms with Crippen LogP contribution in [0.4, 0.5) is 0 Å². The standard InChI is InChI=1S/C31H36N2O6S/c1-18-12-13-25(37-17-20-15-30(3,4)39-31(5,6)16-20)26-22(29(34)33-40(7,35)36)14-23(32-27(18)26)28-19(2)21-10-8-9-11-24(21)38-28/h8-14,20H,15-17H2,1-7H3,(H,33,34). The Morgan fingerprint density at radius 2 is 1.75 bits per heavy atom. The highest BCUT2D eigenvalue weighted by atomic mass is 32.2. The molecule has 1 aliphatic heterocycles. The number of nitrogens with zero attached hydrogens (tertiary/aromatic N) is 1. The third-order valence-electron chi connectivity index (χ3n) is 7.31. The molecule has 5 rings (SSSR count). The first-order chi connectivity index (χ1) is 18.6. The summed E-state index contributed by atoms with van der Waals surface area (Å²) >= 11 is 0. The van der Waals surface area contributed by atoms with Crippen LogP contribution in [0.3, 0.4) is 0 Å². The third-order valence-corrected chi connectivity index (χ3v) is 7.87. The second-order valence-corrected chi connectivity index (χ2v) is 13.9. The summed E-state index contributed by atoms with van der Waals surface area (Å²) in [4.78, 5) is 18.4. The van der Waals surface area contributed by atoms with Gasteiger partial charge in [-0.3, -0.25) is 4.79 Å². The molecule has 2 aromatic carbocycles. The van der Waals surface area contributed by atoms with Gasteiger partial charge < -0.3 is 13.9 Å². The normalized spacial score (nSPS) is 17.3. The van der Waals surface area contributed by atoms with Crippen molar-refractivity contribution >= 4 is 37.8 Å². The summed E-state index contributed by atoms with van der Waals surface area (Å²) in [6, 6.07) is 13.0. The predicted molar refractivity (Wildman–Crippen MR) is 156 cm³/mol. The van der Waals surface area contributed by atoms with E-state index in [4.69, 9.17) is 18.9 Å². The number of rotatable bonds is 6. The zero-order valence-corrected chi connectivity index (χ0v) is 24.9. The number of carbonyl (C=O) groups excluding carboxylic acids is 1. The first-order valence-corrected chi connectivity index (χ1v) is 15.3. The highest BCUT2D eigenvalue weighted by Crippen LogP contribution is 2.40. The Balaban J connectivity index is 1.63. The lowest BCUT2D eigenvalue weighted by Crippen LogP contribution is -2.46. The van der Waals surface area contributed by atoms with Crippen molar-refractivity contribution < 1.29 is 27.1 Å². The zero-order valence-electron chi connectivity index (χ0n) is 24.0. The minimum absolute atomic E-state index is 0.150. The van der Waals surface area contributed by atoms with Crippen molar-refractivity contribution in [2.24, 2.45) is 5.92 Å². The van der Waals surface area contributed by atoms with Crippen LogP contribution in [0.25, 0.3) is 33.3 Å². The van der Waals surface area contributed by atoms with E-state index < -0.39 is 15.9 Å². The smallest absolute Gasteiger partial charge is 0.265 e. The van der Waals surface area contributed by atoms with Crippen molar-refractivity contribution in [2.45, 2.75) is 65.6 Å². The topological polar surface area (TPSA) is 108 Å². The molecule has 9 heteroatoms. The highest BCUT2D eigenvalue weighted by Gasteiger charge is 2.39. The van der Waals surface area contributed by atoms with Gasteiger partial charge in [-0.25, -0.2) is 18.1 Å². The highest BCUT2D eigenvalue weighted by molar-refractivity contribution is 7.89. The van der Waals surface area contributed by atoms with Gasteiger partial charge in [-0.15, -0.1) is 0 Å². The molecule has 0 spiro atoms. The van der Waals surface area contributed by atoms with E-state index in [1.807, 2.05) is 50.2 Å². The average Bonchev–Trinajstić information content (AvgIpc) is 3.17. The number of aryl methyl sites for hydroxylation is 2. The van der Waals surface area contributed by atoms with E-state index in [0.717, 1.165) is 35.6 Å². The lowest BCUT2D eigenvalue weighted by molar-refractivity contribution is -0.175. The summed E-state index contributed by atoms with van der Waals surface area (Å²) in [5.41, 5.74) is 2.96. The number of hydrogen-bond donors (Lipinski definition) is 1. The van der Waals surface area contributed by atoms with Gasteiger partial charge in [-0.1, -0.05) is 24.3 Å². The maximum atomic E-state index is 13.4. The van der Waals surface area contributed by atoms with Crippen LogP contribution in [0.1, 0.15) is 62.0 Å². The molecule has 212 valence electrons. The van der Waals surface area contributed by atoms with Gasteiger partial charge in [0.1, 0.15) is 17.0 Å². The van der Waals surface area contributed by atoms with Gasteiger partial charge in [0.05, 0.1) is 40.5 Å². The number of benzene rings is 2. The number of furan rings is 1. The van der Waals surface area contributed by atoms with Crippen molar-refractivity contribution in [1.82, 2.24) is 9.71 Å². The van der Waals surface area contributed by atoms with E-state index in [1.54, 1.807) is 6.07 Å². The van der Waals surface area contributed by atoms with Crippen LogP contribution in [-0.4, -0.2) is 43.4 Å². The molecule has 0 bridgehead atoms. The third kappa shape index (κ3) is 5.71. The average molecular weight is 565 g/mol. The molecule has 0 unspecified atom stereocenters. The van der Waals surface area contributed by atoms with Crippen LogP contribution in [0.2, 0.25) is 0 Å². The summed E-state index contributed by atoms with van der Waals surface area (Å²) in [5, 5.41) is 1.40. The van der Waals surface area contributed by atoms with Crippen molar-refractivity contribution in [1.29, 1.82) is 0 Å². The first kappa shape index (κ1) is 28.1. The molecule has 0 saturated carbocycles. The minimum atomic E-state index is -3.82. The lowest BCUT2D eigenvalue weighted by atomic mass is 9.81. The molecular formula is C31H36N2O6S. The fourth-order valence-corrected chi connectivity index (χ4v) is 6.57. The van der Waals surface area contributed by atoms with Crippen LogP contribution in [0, 0.1) is 19.8 Å². The zero-order chi connectivity index (χ0) is 29.0. The first-order valence-electron chi connectivity index (χ1n) is 13.4. The van der Waals surface area contributed by atoms with Gasteiger partial charge >= 0.3 is 0 Å². The molecule has 40 heavy (non-hydrogen) atoms. The number of pyridine rings is 1. The molecule has 1 saturated heterocycles. The summed E-state index contributed by atoms with van der Waals surface area (Å²) in [7, 11) is -3.82. The summed E-state index contributed by atoms with van der Waals surface area (Å²) < 4.78 is 45.0. The Hall–Kier alpha value is -3.43. The monoisotopic (exact) mass is 564 g/mol. The van der Waals surface area contributed by atoms with Crippen molar-refractivity contribution in [3.63, 3.8) is 0 Å². The maximum absolute atomic E-state index is 13.4. The fraction of sp³-hybridized carbons (Fsp3) is 0.419. The number of nitrogens with one attached hydrogen (secondary N) is 1. The molecule has 0 aliphatic carbocycles. The van der Waals surface area contributed by atoms with Crippen LogP contribution >= 0.6 is 0 Å². The van der Waals surface area contributed by atoms with Gasteiger partial charge in [0.15, 0.2) is 5.76 Å². The summed E-state index contributed by atoms with van der Waals surface area (Å²) in [5.74, 6) is 0.471. The van der Waals surface area contributed by atoms with E-state index in [0.29, 0.717) is 40.3 Å². The molecule has 1 amide bonds. The molecule has 1 N–H and O–H groups in total.